The van der Waals surface area contributed by atoms with E-state index >= 15 is 0 Å². The molecule has 1 N–H and O–H groups in total. The lowest BCUT2D eigenvalue weighted by atomic mass is 9.92. The number of benzene rings is 2. The van der Waals surface area contributed by atoms with Crippen LogP contribution in [0.4, 0.5) is 0 Å². The summed E-state index contributed by atoms with van der Waals surface area (Å²) >= 11 is 0. The number of aliphatic hydroxyl groups excluding tert-OH is 1. The summed E-state index contributed by atoms with van der Waals surface area (Å²) in [6, 6.07) is 19.2. The van der Waals surface area contributed by atoms with Crippen molar-refractivity contribution in [1.29, 1.82) is 0 Å². The van der Waals surface area contributed by atoms with Crippen LogP contribution in [0.15, 0.2) is 66.7 Å². The number of aliphatic hydroxyl groups is 1. The number of hydrogen-bond acceptors (Lipinski definition) is 3. The molecule has 22 heavy (non-hydrogen) atoms. The Morgan fingerprint density at radius 2 is 1.68 bits per heavy atom. The van der Waals surface area contributed by atoms with Crippen LogP contribution in [0.5, 0.6) is 0 Å². The van der Waals surface area contributed by atoms with Crippen LogP contribution in [-0.4, -0.2) is 23.8 Å². The number of esters is 1. The molecule has 2 aromatic carbocycles. The van der Waals surface area contributed by atoms with Crippen LogP contribution in [0, 0.1) is 0 Å². The van der Waals surface area contributed by atoms with E-state index in [2.05, 4.69) is 0 Å². The molecule has 0 saturated heterocycles. The van der Waals surface area contributed by atoms with Crippen LogP contribution in [0.3, 0.4) is 0 Å². The molecule has 2 aromatic rings. The van der Waals surface area contributed by atoms with Crippen molar-refractivity contribution in [2.45, 2.75) is 18.9 Å². The molecule has 0 saturated carbocycles. The van der Waals surface area contributed by atoms with Crippen molar-refractivity contribution in [2.24, 2.45) is 0 Å². The highest BCUT2D eigenvalue weighted by Gasteiger charge is 2.26. The van der Waals surface area contributed by atoms with Crippen molar-refractivity contribution < 1.29 is 14.6 Å². The van der Waals surface area contributed by atoms with Gasteiger partial charge < -0.3 is 9.84 Å². The van der Waals surface area contributed by atoms with E-state index in [1.54, 1.807) is 6.92 Å². The normalized spacial score (nSPS) is 13.7. The molecule has 0 aliphatic carbocycles. The highest BCUT2D eigenvalue weighted by atomic mass is 16.5. The molecule has 2 rings (SSSR count). The minimum absolute atomic E-state index is 0.250. The van der Waals surface area contributed by atoms with Gasteiger partial charge in [-0.25, -0.2) is 4.79 Å². The van der Waals surface area contributed by atoms with E-state index in [1.165, 1.54) is 0 Å². The van der Waals surface area contributed by atoms with Gasteiger partial charge in [0.15, 0.2) is 6.10 Å². The summed E-state index contributed by atoms with van der Waals surface area (Å²) in [5.41, 5.74) is 1.88. The van der Waals surface area contributed by atoms with Crippen molar-refractivity contribution in [1.82, 2.24) is 0 Å². The first kappa shape index (κ1) is 16.0. The molecule has 0 radical (unpaired) electrons. The predicted octanol–water partition coefficient (Wildman–Crippen LogP) is 3.41. The summed E-state index contributed by atoms with van der Waals surface area (Å²) < 4.78 is 4.94. The van der Waals surface area contributed by atoms with Gasteiger partial charge in [-0.05, 0) is 18.1 Å². The third-order valence-electron chi connectivity index (χ3n) is 3.35. The molecule has 0 aromatic heterocycles. The van der Waals surface area contributed by atoms with E-state index in [9.17, 15) is 9.90 Å². The molecule has 0 spiro atoms. The minimum Gasteiger partial charge on any atom is -0.464 e. The maximum Gasteiger partial charge on any atom is 0.335 e. The largest absolute Gasteiger partial charge is 0.464 e. The smallest absolute Gasteiger partial charge is 0.335 e. The topological polar surface area (TPSA) is 46.5 Å². The van der Waals surface area contributed by atoms with Crippen molar-refractivity contribution in [3.05, 3.63) is 77.9 Å². The van der Waals surface area contributed by atoms with Crippen LogP contribution in [0.2, 0.25) is 0 Å². The van der Waals surface area contributed by atoms with Crippen molar-refractivity contribution in [3.8, 4) is 0 Å². The molecular weight excluding hydrogens is 276 g/mol. The summed E-state index contributed by atoms with van der Waals surface area (Å²) in [4.78, 5) is 11.9. The lowest BCUT2D eigenvalue weighted by Crippen LogP contribution is -2.29. The van der Waals surface area contributed by atoms with Gasteiger partial charge in [0.1, 0.15) is 0 Å². The zero-order valence-electron chi connectivity index (χ0n) is 12.6. The molecule has 3 heteroatoms. The van der Waals surface area contributed by atoms with E-state index in [4.69, 9.17) is 4.74 Å². The Labute approximate surface area is 130 Å². The van der Waals surface area contributed by atoms with Crippen molar-refractivity contribution in [3.63, 3.8) is 0 Å². The zero-order valence-corrected chi connectivity index (χ0v) is 12.6. The number of hydrogen-bond donors (Lipinski definition) is 1. The average molecular weight is 296 g/mol. The van der Waals surface area contributed by atoms with Gasteiger partial charge in [-0.1, -0.05) is 72.8 Å². The third-order valence-corrected chi connectivity index (χ3v) is 3.35. The predicted molar refractivity (Wildman–Crippen MR) is 87.3 cm³/mol. The molecule has 3 nitrogen and oxygen atoms in total. The van der Waals surface area contributed by atoms with Gasteiger partial charge in [0.2, 0.25) is 0 Å². The van der Waals surface area contributed by atoms with Gasteiger partial charge in [-0.2, -0.15) is 0 Å². The Kier molecular flexibility index (Phi) is 5.92. The third kappa shape index (κ3) is 4.30. The fraction of sp³-hybridized carbons (Fsp3) is 0.211. The summed E-state index contributed by atoms with van der Waals surface area (Å²) in [5, 5.41) is 10.3. The first-order chi connectivity index (χ1) is 10.7. The van der Waals surface area contributed by atoms with Crippen LogP contribution >= 0.6 is 0 Å². The Hall–Kier alpha value is -2.39. The SMILES string of the molecule is CCOC(=O)[C@@H](O)[C@H](/C=C/c1ccccc1)c1ccccc1. The standard InChI is InChI=1S/C19H20O3/c1-2-22-19(21)18(20)17(16-11-7-4-8-12-16)14-13-15-9-5-3-6-10-15/h3-14,17-18,20H,2H2,1H3/b14-13+/t17-,18+/m1/s1. The van der Waals surface area contributed by atoms with Gasteiger partial charge in [0, 0.05) is 5.92 Å². The second-order valence-electron chi connectivity index (χ2n) is 4.90. The molecule has 0 unspecified atom stereocenters. The van der Waals surface area contributed by atoms with Gasteiger partial charge in [0.25, 0.3) is 0 Å². The number of ether oxygens (including phenoxy) is 1. The Morgan fingerprint density at radius 1 is 1.09 bits per heavy atom. The lowest BCUT2D eigenvalue weighted by molar-refractivity contribution is -0.153. The molecule has 0 aliphatic heterocycles. The number of carbonyl (C=O) groups excluding carboxylic acids is 1. The first-order valence-electron chi connectivity index (χ1n) is 7.35. The Morgan fingerprint density at radius 3 is 2.27 bits per heavy atom. The van der Waals surface area contributed by atoms with Crippen molar-refractivity contribution >= 4 is 12.0 Å². The second kappa shape index (κ2) is 8.15. The fourth-order valence-electron chi connectivity index (χ4n) is 2.23. The lowest BCUT2D eigenvalue weighted by Gasteiger charge is -2.19. The Balaban J connectivity index is 2.26. The van der Waals surface area contributed by atoms with E-state index in [-0.39, 0.29) is 6.61 Å². The highest BCUT2D eigenvalue weighted by Crippen LogP contribution is 2.23. The van der Waals surface area contributed by atoms with Crippen molar-refractivity contribution in [2.75, 3.05) is 6.61 Å². The highest BCUT2D eigenvalue weighted by molar-refractivity contribution is 5.76. The molecule has 0 heterocycles. The van der Waals surface area contributed by atoms with Gasteiger partial charge in [-0.15, -0.1) is 0 Å². The van der Waals surface area contributed by atoms with E-state index in [0.717, 1.165) is 11.1 Å². The number of carbonyl (C=O) groups is 1. The molecule has 0 bridgehead atoms. The van der Waals surface area contributed by atoms with Gasteiger partial charge >= 0.3 is 5.97 Å². The maximum absolute atomic E-state index is 11.9. The van der Waals surface area contributed by atoms with Crippen LogP contribution in [0.25, 0.3) is 6.08 Å². The summed E-state index contributed by atoms with van der Waals surface area (Å²) in [6.45, 7) is 1.97. The number of rotatable bonds is 6. The first-order valence-corrected chi connectivity index (χ1v) is 7.35. The molecule has 0 amide bonds. The van der Waals surface area contributed by atoms with Crippen LogP contribution in [-0.2, 0) is 9.53 Å². The van der Waals surface area contributed by atoms with Gasteiger partial charge in [-0.3, -0.25) is 0 Å². The quantitative estimate of drug-likeness (QED) is 0.831. The average Bonchev–Trinajstić information content (AvgIpc) is 2.57. The summed E-state index contributed by atoms with van der Waals surface area (Å²) in [5.74, 6) is -1.05. The maximum atomic E-state index is 11.9. The van der Waals surface area contributed by atoms with E-state index < -0.39 is 18.0 Å². The molecule has 0 fully saturated rings. The summed E-state index contributed by atoms with van der Waals surface area (Å²) in [6.07, 6.45) is 2.52. The van der Waals surface area contributed by atoms with E-state index in [1.807, 2.05) is 72.8 Å². The van der Waals surface area contributed by atoms with Gasteiger partial charge in [0.05, 0.1) is 6.61 Å². The molecule has 114 valence electrons. The Bertz CT molecular complexity index is 605. The molecular formula is C19H20O3. The summed E-state index contributed by atoms with van der Waals surface area (Å²) in [7, 11) is 0. The monoisotopic (exact) mass is 296 g/mol. The molecule has 0 aliphatic rings. The second-order valence-corrected chi connectivity index (χ2v) is 4.90. The minimum atomic E-state index is -1.22. The fourth-order valence-corrected chi connectivity index (χ4v) is 2.23. The van der Waals surface area contributed by atoms with E-state index in [0.29, 0.717) is 0 Å². The molecule has 2 atom stereocenters. The van der Waals surface area contributed by atoms with Crippen LogP contribution in [0.1, 0.15) is 24.0 Å². The van der Waals surface area contributed by atoms with Crippen LogP contribution < -0.4 is 0 Å². The zero-order chi connectivity index (χ0) is 15.8.